The van der Waals surface area contributed by atoms with Crippen molar-refractivity contribution >= 4 is 29.3 Å². The van der Waals surface area contributed by atoms with Gasteiger partial charge in [-0.3, -0.25) is 4.79 Å². The van der Waals surface area contributed by atoms with Crippen LogP contribution in [0.15, 0.2) is 23.1 Å². The quantitative estimate of drug-likeness (QED) is 0.817. The molecule has 1 aromatic carbocycles. The number of nitrogens with zero attached hydrogens (tertiary/aromatic N) is 1. The largest absolute Gasteiger partial charge is 0.484 e. The second kappa shape index (κ2) is 11.6. The number of hydrogen-bond acceptors (Lipinski definition) is 4. The van der Waals surface area contributed by atoms with Gasteiger partial charge < -0.3 is 15.0 Å². The number of benzene rings is 1. The molecule has 1 amide bonds. The van der Waals surface area contributed by atoms with Crippen LogP contribution in [0.3, 0.4) is 0 Å². The highest BCUT2D eigenvalue weighted by Crippen LogP contribution is 2.36. The Labute approximate surface area is 155 Å². The summed E-state index contributed by atoms with van der Waals surface area (Å²) in [5.41, 5.74) is 0. The summed E-state index contributed by atoms with van der Waals surface area (Å²) in [6.07, 6.45) is 2.37. The number of thioether (sulfide) groups is 1. The summed E-state index contributed by atoms with van der Waals surface area (Å²) in [6.45, 7) is 8.79. The van der Waals surface area contributed by atoms with E-state index in [4.69, 9.17) is 16.3 Å². The van der Waals surface area contributed by atoms with Gasteiger partial charge in [-0.15, -0.1) is 11.8 Å². The number of nitrogens with one attached hydrogen (secondary N) is 1. The average Bonchev–Trinajstić information content (AvgIpc) is 2.59. The predicted molar refractivity (Wildman–Crippen MR) is 103 cm³/mol. The van der Waals surface area contributed by atoms with Crippen LogP contribution in [0.1, 0.15) is 33.6 Å². The average molecular weight is 373 g/mol. The van der Waals surface area contributed by atoms with Crippen molar-refractivity contribution in [1.82, 2.24) is 10.2 Å². The first-order valence-corrected chi connectivity index (χ1v) is 9.88. The molecule has 136 valence electrons. The summed E-state index contributed by atoms with van der Waals surface area (Å²) in [6, 6.07) is 5.65. The molecule has 1 aromatic rings. The molecule has 24 heavy (non-hydrogen) atoms. The number of hydrogen-bond donors (Lipinski definition) is 1. The van der Waals surface area contributed by atoms with Gasteiger partial charge in [0.05, 0.1) is 5.02 Å². The molecule has 1 heterocycles. The summed E-state index contributed by atoms with van der Waals surface area (Å²) >= 11 is 8.18. The standard InChI is InChI=1S/C16H23ClN2O2S.C2H6/c1-3-18-16(20)11-21-12-4-5-15(14(17)10-12)22-13-6-8-19(2)9-7-13;1-2/h4-5,10,13H,3,6-9,11H2,1-2H3,(H,18,20);1-2H3. The van der Waals surface area contributed by atoms with Crippen LogP contribution >= 0.6 is 23.4 Å². The molecule has 1 aliphatic rings. The second-order valence-corrected chi connectivity index (χ2v) is 7.20. The molecule has 4 nitrogen and oxygen atoms in total. The van der Waals surface area contributed by atoms with Crippen LogP contribution in [0.25, 0.3) is 0 Å². The Balaban J connectivity index is 0.00000139. The smallest absolute Gasteiger partial charge is 0.257 e. The minimum absolute atomic E-state index is 0.0195. The Hall–Kier alpha value is -0.910. The lowest BCUT2D eigenvalue weighted by molar-refractivity contribution is -0.122. The van der Waals surface area contributed by atoms with E-state index < -0.39 is 0 Å². The third-order valence-electron chi connectivity index (χ3n) is 3.61. The van der Waals surface area contributed by atoms with E-state index in [1.807, 2.05) is 44.7 Å². The minimum Gasteiger partial charge on any atom is -0.484 e. The summed E-state index contributed by atoms with van der Waals surface area (Å²) in [7, 11) is 2.16. The van der Waals surface area contributed by atoms with Crippen molar-refractivity contribution in [3.05, 3.63) is 23.2 Å². The van der Waals surface area contributed by atoms with Crippen molar-refractivity contribution < 1.29 is 9.53 Å². The summed E-state index contributed by atoms with van der Waals surface area (Å²) in [5.74, 6) is 0.507. The van der Waals surface area contributed by atoms with Crippen LogP contribution in [0.5, 0.6) is 5.75 Å². The summed E-state index contributed by atoms with van der Waals surface area (Å²) < 4.78 is 5.45. The third-order valence-corrected chi connectivity index (χ3v) is 5.45. The van der Waals surface area contributed by atoms with Gasteiger partial charge in [-0.25, -0.2) is 0 Å². The lowest BCUT2D eigenvalue weighted by Crippen LogP contribution is -2.31. The zero-order valence-electron chi connectivity index (χ0n) is 15.1. The number of likely N-dealkylation sites (tertiary alicyclic amines) is 1. The number of halogens is 1. The van der Waals surface area contributed by atoms with E-state index in [1.165, 1.54) is 12.8 Å². The topological polar surface area (TPSA) is 41.6 Å². The zero-order chi connectivity index (χ0) is 17.9. The van der Waals surface area contributed by atoms with E-state index in [1.54, 1.807) is 6.07 Å². The number of likely N-dealkylation sites (N-methyl/N-ethyl adjacent to an activating group) is 1. The van der Waals surface area contributed by atoms with Crippen molar-refractivity contribution in [3.63, 3.8) is 0 Å². The van der Waals surface area contributed by atoms with E-state index in [9.17, 15) is 4.79 Å². The van der Waals surface area contributed by atoms with Gasteiger partial charge in [0.25, 0.3) is 5.91 Å². The van der Waals surface area contributed by atoms with Gasteiger partial charge in [0, 0.05) is 16.7 Å². The molecule has 6 heteroatoms. The molecule has 1 fully saturated rings. The van der Waals surface area contributed by atoms with Gasteiger partial charge in [-0.05, 0) is 58.1 Å². The van der Waals surface area contributed by atoms with Crippen LogP contribution in [-0.4, -0.2) is 49.3 Å². The van der Waals surface area contributed by atoms with Crippen molar-refractivity contribution in [2.45, 2.75) is 43.8 Å². The summed E-state index contributed by atoms with van der Waals surface area (Å²) in [5, 5.41) is 4.01. The second-order valence-electron chi connectivity index (χ2n) is 5.45. The molecule has 1 N–H and O–H groups in total. The Kier molecular flexibility index (Phi) is 10.2. The van der Waals surface area contributed by atoms with Gasteiger partial charge >= 0.3 is 0 Å². The number of carbonyl (C=O) groups is 1. The predicted octanol–water partition coefficient (Wildman–Crippen LogP) is 4.07. The Morgan fingerprint density at radius 2 is 2.04 bits per heavy atom. The van der Waals surface area contributed by atoms with E-state index in [-0.39, 0.29) is 12.5 Å². The van der Waals surface area contributed by atoms with E-state index in [2.05, 4.69) is 17.3 Å². The van der Waals surface area contributed by atoms with Crippen molar-refractivity contribution in [1.29, 1.82) is 0 Å². The molecular formula is C18H29ClN2O2S. The van der Waals surface area contributed by atoms with Crippen LogP contribution in [0.2, 0.25) is 5.02 Å². The third kappa shape index (κ3) is 7.32. The molecule has 2 rings (SSSR count). The molecule has 0 aromatic heterocycles. The lowest BCUT2D eigenvalue weighted by atomic mass is 10.1. The van der Waals surface area contributed by atoms with E-state index in [0.29, 0.717) is 22.6 Å². The minimum atomic E-state index is -0.122. The Morgan fingerprint density at radius 3 is 2.62 bits per heavy atom. The maximum Gasteiger partial charge on any atom is 0.257 e. The van der Waals surface area contributed by atoms with Gasteiger partial charge in [0.1, 0.15) is 5.75 Å². The molecular weight excluding hydrogens is 344 g/mol. The molecule has 0 unspecified atom stereocenters. The fourth-order valence-electron chi connectivity index (χ4n) is 2.35. The van der Waals surface area contributed by atoms with Gasteiger partial charge in [-0.2, -0.15) is 0 Å². The lowest BCUT2D eigenvalue weighted by Gasteiger charge is -2.28. The molecule has 0 spiro atoms. The Morgan fingerprint density at radius 1 is 1.38 bits per heavy atom. The molecule has 0 saturated carbocycles. The zero-order valence-corrected chi connectivity index (χ0v) is 16.7. The molecule has 0 bridgehead atoms. The van der Waals surface area contributed by atoms with Crippen molar-refractivity contribution in [3.8, 4) is 5.75 Å². The molecule has 1 saturated heterocycles. The highest BCUT2D eigenvalue weighted by Gasteiger charge is 2.18. The molecule has 0 atom stereocenters. The molecule has 0 radical (unpaired) electrons. The van der Waals surface area contributed by atoms with Crippen molar-refractivity contribution in [2.75, 3.05) is 33.3 Å². The fourth-order valence-corrected chi connectivity index (χ4v) is 3.77. The first-order valence-electron chi connectivity index (χ1n) is 8.62. The number of ether oxygens (including phenoxy) is 1. The number of amides is 1. The van der Waals surface area contributed by atoms with Crippen LogP contribution < -0.4 is 10.1 Å². The SMILES string of the molecule is CC.CCNC(=O)COc1ccc(SC2CCN(C)CC2)c(Cl)c1. The highest BCUT2D eigenvalue weighted by molar-refractivity contribution is 8.00. The highest BCUT2D eigenvalue weighted by atomic mass is 35.5. The van der Waals surface area contributed by atoms with Crippen molar-refractivity contribution in [2.24, 2.45) is 0 Å². The first-order chi connectivity index (χ1) is 11.6. The van der Waals surface area contributed by atoms with Gasteiger partial charge in [-0.1, -0.05) is 25.4 Å². The number of rotatable bonds is 6. The monoisotopic (exact) mass is 372 g/mol. The fraction of sp³-hybridized carbons (Fsp3) is 0.611. The normalized spacial score (nSPS) is 15.4. The van der Waals surface area contributed by atoms with E-state index >= 15 is 0 Å². The Bertz CT molecular complexity index is 506. The van der Waals surface area contributed by atoms with Gasteiger partial charge in [0.15, 0.2) is 6.61 Å². The van der Waals surface area contributed by atoms with Crippen LogP contribution in [-0.2, 0) is 4.79 Å². The molecule has 0 aliphatic carbocycles. The number of piperidine rings is 1. The van der Waals surface area contributed by atoms with Crippen LogP contribution in [0.4, 0.5) is 0 Å². The summed E-state index contributed by atoms with van der Waals surface area (Å²) in [4.78, 5) is 14.8. The van der Waals surface area contributed by atoms with Crippen LogP contribution in [0, 0.1) is 0 Å². The maximum atomic E-state index is 11.4. The van der Waals surface area contributed by atoms with Gasteiger partial charge in [0.2, 0.25) is 0 Å². The molecule has 1 aliphatic heterocycles. The first kappa shape index (κ1) is 21.1. The number of carbonyl (C=O) groups excluding carboxylic acids is 1. The maximum absolute atomic E-state index is 11.4. The van der Waals surface area contributed by atoms with E-state index in [0.717, 1.165) is 18.0 Å².